The summed E-state index contributed by atoms with van der Waals surface area (Å²) in [6.45, 7) is 1.92. The Bertz CT molecular complexity index is 1630. The summed E-state index contributed by atoms with van der Waals surface area (Å²) in [5.74, 6) is -1.95. The van der Waals surface area contributed by atoms with E-state index in [-0.39, 0.29) is 16.8 Å². The van der Waals surface area contributed by atoms with E-state index in [1.54, 1.807) is 28.8 Å². The van der Waals surface area contributed by atoms with Gasteiger partial charge in [0.25, 0.3) is 0 Å². The van der Waals surface area contributed by atoms with Gasteiger partial charge in [0.15, 0.2) is 0 Å². The van der Waals surface area contributed by atoms with Crippen molar-refractivity contribution < 1.29 is 23.9 Å². The lowest BCUT2D eigenvalue weighted by Gasteiger charge is -2.10. The number of carbonyl (C=O) groups excluding carboxylic acids is 3. The topological polar surface area (TPSA) is 87.0 Å². The molecule has 0 N–H and O–H groups in total. The fourth-order valence-electron chi connectivity index (χ4n) is 4.34. The minimum atomic E-state index is -0.799. The van der Waals surface area contributed by atoms with E-state index < -0.39 is 17.7 Å². The lowest BCUT2D eigenvalue weighted by Crippen LogP contribution is -2.15. The quantitative estimate of drug-likeness (QED) is 0.222. The molecule has 7 nitrogen and oxygen atoms in total. The highest BCUT2D eigenvalue weighted by Crippen LogP contribution is 2.33. The molecular formula is C27H20N2O5. The van der Waals surface area contributed by atoms with Crippen LogP contribution in [0.3, 0.4) is 0 Å². The highest BCUT2D eigenvalue weighted by molar-refractivity contribution is 6.21. The zero-order valence-corrected chi connectivity index (χ0v) is 18.8. The van der Waals surface area contributed by atoms with E-state index in [9.17, 15) is 14.4 Å². The minimum absolute atomic E-state index is 0.0205. The zero-order valence-electron chi connectivity index (χ0n) is 18.8. The summed E-state index contributed by atoms with van der Waals surface area (Å²) in [7, 11) is 2.44. The van der Waals surface area contributed by atoms with Gasteiger partial charge in [-0.05, 0) is 31.2 Å². The molecule has 0 fully saturated rings. The first-order valence-electron chi connectivity index (χ1n) is 10.6. The van der Waals surface area contributed by atoms with E-state index in [0.29, 0.717) is 16.6 Å². The number of aromatic nitrogens is 2. The average molecular weight is 452 g/mol. The van der Waals surface area contributed by atoms with Crippen molar-refractivity contribution in [3.8, 4) is 0 Å². The van der Waals surface area contributed by atoms with Gasteiger partial charge >= 0.3 is 11.9 Å². The third kappa shape index (κ3) is 3.13. The lowest BCUT2D eigenvalue weighted by atomic mass is 10.0. The van der Waals surface area contributed by atoms with Crippen molar-refractivity contribution >= 4 is 45.0 Å². The van der Waals surface area contributed by atoms with Crippen LogP contribution in [0.5, 0.6) is 0 Å². The number of fused-ring (bicyclic) bond motifs is 5. The Morgan fingerprint density at radius 3 is 2.18 bits per heavy atom. The van der Waals surface area contributed by atoms with Crippen LogP contribution < -0.4 is 0 Å². The molecule has 34 heavy (non-hydrogen) atoms. The Hall–Kier alpha value is -4.52. The molecule has 168 valence electrons. The summed E-state index contributed by atoms with van der Waals surface area (Å²) in [6.07, 6.45) is 1.69. The first-order valence-corrected chi connectivity index (χ1v) is 10.6. The van der Waals surface area contributed by atoms with Gasteiger partial charge in [-0.15, -0.1) is 0 Å². The van der Waals surface area contributed by atoms with Gasteiger partial charge in [0.1, 0.15) is 16.8 Å². The van der Waals surface area contributed by atoms with Crippen LogP contribution in [0.1, 0.15) is 42.3 Å². The van der Waals surface area contributed by atoms with E-state index in [0.717, 1.165) is 21.9 Å². The Balaban J connectivity index is 1.98. The van der Waals surface area contributed by atoms with Gasteiger partial charge in [-0.2, -0.15) is 0 Å². The predicted octanol–water partition coefficient (Wildman–Crippen LogP) is 4.75. The molecule has 3 aromatic heterocycles. The molecule has 0 unspecified atom stereocenters. The molecule has 0 aliphatic heterocycles. The summed E-state index contributed by atoms with van der Waals surface area (Å²) in [6, 6.07) is 18.1. The van der Waals surface area contributed by atoms with E-state index in [1.807, 2.05) is 49.4 Å². The van der Waals surface area contributed by atoms with Gasteiger partial charge in [-0.3, -0.25) is 9.78 Å². The fourth-order valence-corrected chi connectivity index (χ4v) is 4.34. The number of ketones is 1. The predicted molar refractivity (Wildman–Crippen MR) is 127 cm³/mol. The van der Waals surface area contributed by atoms with Crippen molar-refractivity contribution in [2.75, 3.05) is 14.2 Å². The number of benzene rings is 2. The Morgan fingerprint density at radius 2 is 1.47 bits per heavy atom. The second-order valence-corrected chi connectivity index (χ2v) is 7.90. The van der Waals surface area contributed by atoms with E-state index in [2.05, 4.69) is 4.98 Å². The van der Waals surface area contributed by atoms with Crippen molar-refractivity contribution in [1.82, 2.24) is 9.38 Å². The molecule has 0 aliphatic carbocycles. The zero-order chi connectivity index (χ0) is 24.0. The molecule has 7 heteroatoms. The minimum Gasteiger partial charge on any atom is -0.465 e. The lowest BCUT2D eigenvalue weighted by molar-refractivity contribution is 0.0556. The highest BCUT2D eigenvalue weighted by atomic mass is 16.5. The number of nitrogens with zero attached hydrogens (tertiary/aromatic N) is 2. The van der Waals surface area contributed by atoms with Gasteiger partial charge in [-0.1, -0.05) is 42.0 Å². The van der Waals surface area contributed by atoms with Crippen molar-refractivity contribution in [3.05, 3.63) is 94.8 Å². The molecule has 5 aromatic rings. The largest absolute Gasteiger partial charge is 0.465 e. The number of pyridine rings is 2. The van der Waals surface area contributed by atoms with Gasteiger partial charge < -0.3 is 13.9 Å². The van der Waals surface area contributed by atoms with Crippen LogP contribution in [-0.4, -0.2) is 41.3 Å². The molecule has 0 amide bonds. The van der Waals surface area contributed by atoms with Crippen molar-refractivity contribution in [3.63, 3.8) is 0 Å². The maximum atomic E-state index is 13.8. The number of hydrogen-bond acceptors (Lipinski definition) is 6. The van der Waals surface area contributed by atoms with Crippen LogP contribution in [0.15, 0.2) is 66.9 Å². The molecule has 0 aliphatic rings. The monoisotopic (exact) mass is 452 g/mol. The van der Waals surface area contributed by atoms with Gasteiger partial charge in [0, 0.05) is 22.5 Å². The molecule has 2 aromatic carbocycles. The molecule has 0 bridgehead atoms. The molecule has 0 atom stereocenters. The highest BCUT2D eigenvalue weighted by Gasteiger charge is 2.33. The number of rotatable bonds is 4. The number of carbonyl (C=O) groups is 3. The number of hydrogen-bond donors (Lipinski definition) is 0. The summed E-state index contributed by atoms with van der Waals surface area (Å²) >= 11 is 0. The molecule has 0 radical (unpaired) electrons. The Kier molecular flexibility index (Phi) is 5.09. The standard InChI is InChI=1S/C27H20N2O5/c1-15-6-8-17(9-7-15)25(30)24-22(27(32)34-3)21(26(31)33-2)20-13-11-18-19(29(20)24)12-10-16-5-4-14-28-23(16)18/h4-14H,1-3H3. The van der Waals surface area contributed by atoms with Crippen molar-refractivity contribution in [1.29, 1.82) is 0 Å². The second-order valence-electron chi connectivity index (χ2n) is 7.90. The van der Waals surface area contributed by atoms with Crippen LogP contribution in [0.25, 0.3) is 27.3 Å². The summed E-state index contributed by atoms with van der Waals surface area (Å²) in [5.41, 5.74) is 2.98. The molecular weight excluding hydrogens is 432 g/mol. The van der Waals surface area contributed by atoms with Crippen LogP contribution in [0, 0.1) is 6.92 Å². The first kappa shape index (κ1) is 21.3. The number of esters is 2. The molecule has 3 heterocycles. The maximum Gasteiger partial charge on any atom is 0.341 e. The van der Waals surface area contributed by atoms with Crippen LogP contribution in [0.2, 0.25) is 0 Å². The summed E-state index contributed by atoms with van der Waals surface area (Å²) < 4.78 is 11.6. The van der Waals surface area contributed by atoms with Crippen molar-refractivity contribution in [2.45, 2.75) is 6.92 Å². The Morgan fingerprint density at radius 1 is 0.794 bits per heavy atom. The van der Waals surface area contributed by atoms with Crippen LogP contribution in [0.4, 0.5) is 0 Å². The fraction of sp³-hybridized carbons (Fsp3) is 0.111. The molecule has 5 rings (SSSR count). The number of ether oxygens (including phenoxy) is 2. The van der Waals surface area contributed by atoms with Crippen LogP contribution in [-0.2, 0) is 9.47 Å². The van der Waals surface area contributed by atoms with Gasteiger partial charge in [-0.25, -0.2) is 9.59 Å². The maximum absolute atomic E-state index is 13.8. The SMILES string of the molecule is COC(=O)c1c(C(=O)OC)c2ccc3c4ncccc4ccc3n2c1C(=O)c1ccc(C)cc1. The summed E-state index contributed by atoms with van der Waals surface area (Å²) in [5, 5.41) is 1.70. The van der Waals surface area contributed by atoms with Crippen molar-refractivity contribution in [2.24, 2.45) is 0 Å². The van der Waals surface area contributed by atoms with Crippen LogP contribution >= 0.6 is 0 Å². The molecule has 0 saturated heterocycles. The number of aryl methyl sites for hydroxylation is 1. The second kappa shape index (κ2) is 8.12. The third-order valence-electron chi connectivity index (χ3n) is 5.95. The average Bonchev–Trinajstić information content (AvgIpc) is 3.23. The molecule has 0 saturated carbocycles. The Labute approximate surface area is 194 Å². The summed E-state index contributed by atoms with van der Waals surface area (Å²) in [4.78, 5) is 44.2. The number of methoxy groups -OCH3 is 2. The van der Waals surface area contributed by atoms with Gasteiger partial charge in [0.05, 0.1) is 30.8 Å². The third-order valence-corrected chi connectivity index (χ3v) is 5.95. The van der Waals surface area contributed by atoms with Gasteiger partial charge in [0.2, 0.25) is 5.78 Å². The molecule has 0 spiro atoms. The first-order chi connectivity index (χ1) is 16.5. The normalized spacial score (nSPS) is 11.1. The van der Waals surface area contributed by atoms with E-state index >= 15 is 0 Å². The van der Waals surface area contributed by atoms with E-state index in [1.165, 1.54) is 14.2 Å². The van der Waals surface area contributed by atoms with E-state index in [4.69, 9.17) is 9.47 Å². The smallest absolute Gasteiger partial charge is 0.341 e.